The number of hydrogen-bond donors (Lipinski definition) is 2. The minimum absolute atomic E-state index is 0.206. The van der Waals surface area contributed by atoms with Crippen LogP contribution >= 0.6 is 0 Å². The fraction of sp³-hybridized carbons (Fsp3) is 0.278. The lowest BCUT2D eigenvalue weighted by atomic mass is 10.1. The van der Waals surface area contributed by atoms with Crippen LogP contribution in [0, 0.1) is 5.82 Å². The molecule has 0 saturated carbocycles. The molecule has 0 radical (unpaired) electrons. The van der Waals surface area contributed by atoms with Crippen LogP contribution in [0.2, 0.25) is 0 Å². The zero-order chi connectivity index (χ0) is 16.7. The van der Waals surface area contributed by atoms with E-state index >= 15 is 0 Å². The molecule has 0 spiro atoms. The monoisotopic (exact) mass is 316 g/mol. The second-order valence-electron chi connectivity index (χ2n) is 5.33. The van der Waals surface area contributed by atoms with Crippen molar-refractivity contribution in [1.82, 2.24) is 0 Å². The van der Waals surface area contributed by atoms with E-state index in [1.807, 2.05) is 6.92 Å². The van der Waals surface area contributed by atoms with Crippen LogP contribution in [0.25, 0.3) is 0 Å². The van der Waals surface area contributed by atoms with Gasteiger partial charge in [-0.25, -0.2) is 4.39 Å². The molecule has 0 aliphatic heterocycles. The molecular formula is C18H21FN2O2. The molecule has 2 aromatic rings. The molecule has 0 saturated heterocycles. The average molecular weight is 316 g/mol. The summed E-state index contributed by atoms with van der Waals surface area (Å²) in [5.41, 5.74) is 7.29. The highest BCUT2D eigenvalue weighted by Crippen LogP contribution is 2.19. The fourth-order valence-corrected chi connectivity index (χ4v) is 2.09. The van der Waals surface area contributed by atoms with Crippen molar-refractivity contribution in [1.29, 1.82) is 0 Å². The third kappa shape index (κ3) is 5.38. The summed E-state index contributed by atoms with van der Waals surface area (Å²) in [6.45, 7) is 2.31. The number of anilines is 1. The van der Waals surface area contributed by atoms with Gasteiger partial charge in [0.05, 0.1) is 6.04 Å². The summed E-state index contributed by atoms with van der Waals surface area (Å²) in [5.74, 6) is 0.139. The standard InChI is InChI=1S/C18H21FN2O2/c1-2-4-17(20)18(22)21-15-5-3-6-16(11-15)23-12-13-7-9-14(19)10-8-13/h3,5-11,17H,2,4,12,20H2,1H3,(H,21,22). The van der Waals surface area contributed by atoms with Gasteiger partial charge in [-0.3, -0.25) is 4.79 Å². The highest BCUT2D eigenvalue weighted by molar-refractivity contribution is 5.94. The van der Waals surface area contributed by atoms with Gasteiger partial charge in [-0.05, 0) is 36.2 Å². The molecule has 3 N–H and O–H groups in total. The van der Waals surface area contributed by atoms with E-state index in [1.54, 1.807) is 36.4 Å². The van der Waals surface area contributed by atoms with Crippen molar-refractivity contribution in [3.63, 3.8) is 0 Å². The molecule has 0 aromatic heterocycles. The van der Waals surface area contributed by atoms with E-state index in [0.29, 0.717) is 24.5 Å². The highest BCUT2D eigenvalue weighted by atomic mass is 19.1. The number of nitrogens with two attached hydrogens (primary N) is 1. The van der Waals surface area contributed by atoms with Gasteiger partial charge >= 0.3 is 0 Å². The van der Waals surface area contributed by atoms with E-state index in [1.165, 1.54) is 12.1 Å². The van der Waals surface area contributed by atoms with Crippen LogP contribution in [-0.2, 0) is 11.4 Å². The van der Waals surface area contributed by atoms with Crippen molar-refractivity contribution in [3.05, 3.63) is 59.9 Å². The minimum Gasteiger partial charge on any atom is -0.489 e. The first kappa shape index (κ1) is 17.0. The lowest BCUT2D eigenvalue weighted by Gasteiger charge is -2.12. The zero-order valence-electron chi connectivity index (χ0n) is 13.1. The summed E-state index contributed by atoms with van der Waals surface area (Å²) in [6, 6.07) is 12.7. The number of carbonyl (C=O) groups is 1. The van der Waals surface area contributed by atoms with Gasteiger partial charge in [0, 0.05) is 11.8 Å². The largest absolute Gasteiger partial charge is 0.489 e. The normalized spacial score (nSPS) is 11.8. The molecule has 0 heterocycles. The van der Waals surface area contributed by atoms with Gasteiger partial charge in [-0.1, -0.05) is 31.5 Å². The van der Waals surface area contributed by atoms with Crippen molar-refractivity contribution >= 4 is 11.6 Å². The molecule has 5 heteroatoms. The molecule has 0 aliphatic rings. The number of hydrogen-bond acceptors (Lipinski definition) is 3. The Bertz CT molecular complexity index is 644. The predicted molar refractivity (Wildman–Crippen MR) is 88.7 cm³/mol. The Morgan fingerprint density at radius 1 is 1.26 bits per heavy atom. The maximum Gasteiger partial charge on any atom is 0.241 e. The molecular weight excluding hydrogens is 295 g/mol. The number of rotatable bonds is 7. The van der Waals surface area contributed by atoms with Gasteiger partial charge in [-0.15, -0.1) is 0 Å². The van der Waals surface area contributed by atoms with Gasteiger partial charge in [0.1, 0.15) is 18.2 Å². The molecule has 2 rings (SSSR count). The van der Waals surface area contributed by atoms with Crippen LogP contribution in [0.15, 0.2) is 48.5 Å². The number of ether oxygens (including phenoxy) is 1. The summed E-state index contributed by atoms with van der Waals surface area (Å²) in [7, 11) is 0. The smallest absolute Gasteiger partial charge is 0.241 e. The Kier molecular flexibility index (Phi) is 6.11. The average Bonchev–Trinajstić information content (AvgIpc) is 2.55. The topological polar surface area (TPSA) is 64.4 Å². The van der Waals surface area contributed by atoms with Gasteiger partial charge in [0.15, 0.2) is 0 Å². The number of nitrogens with one attached hydrogen (secondary N) is 1. The Morgan fingerprint density at radius 3 is 2.70 bits per heavy atom. The fourth-order valence-electron chi connectivity index (χ4n) is 2.09. The molecule has 1 atom stereocenters. The maximum atomic E-state index is 12.9. The third-order valence-corrected chi connectivity index (χ3v) is 3.36. The zero-order valence-corrected chi connectivity index (χ0v) is 13.1. The molecule has 0 fully saturated rings. The van der Waals surface area contributed by atoms with Crippen LogP contribution in [0.5, 0.6) is 5.75 Å². The third-order valence-electron chi connectivity index (χ3n) is 3.36. The lowest BCUT2D eigenvalue weighted by molar-refractivity contribution is -0.117. The molecule has 4 nitrogen and oxygen atoms in total. The summed E-state index contributed by atoms with van der Waals surface area (Å²) in [5, 5.41) is 2.78. The summed E-state index contributed by atoms with van der Waals surface area (Å²) < 4.78 is 18.5. The van der Waals surface area contributed by atoms with E-state index < -0.39 is 6.04 Å². The molecule has 23 heavy (non-hydrogen) atoms. The van der Waals surface area contributed by atoms with Crippen LogP contribution < -0.4 is 15.8 Å². The molecule has 1 amide bonds. The second-order valence-corrected chi connectivity index (χ2v) is 5.33. The van der Waals surface area contributed by atoms with E-state index in [9.17, 15) is 9.18 Å². The Labute approximate surface area is 135 Å². The highest BCUT2D eigenvalue weighted by Gasteiger charge is 2.12. The van der Waals surface area contributed by atoms with Gasteiger partial charge in [0.2, 0.25) is 5.91 Å². The molecule has 1 unspecified atom stereocenters. The van der Waals surface area contributed by atoms with Crippen LogP contribution in [-0.4, -0.2) is 11.9 Å². The van der Waals surface area contributed by atoms with Crippen molar-refractivity contribution < 1.29 is 13.9 Å². The van der Waals surface area contributed by atoms with Gasteiger partial charge in [-0.2, -0.15) is 0 Å². The van der Waals surface area contributed by atoms with E-state index in [4.69, 9.17) is 10.5 Å². The first-order valence-corrected chi connectivity index (χ1v) is 7.62. The molecule has 122 valence electrons. The van der Waals surface area contributed by atoms with E-state index in [2.05, 4.69) is 5.32 Å². The Hall–Kier alpha value is -2.40. The number of halogens is 1. The summed E-state index contributed by atoms with van der Waals surface area (Å²) in [4.78, 5) is 11.9. The van der Waals surface area contributed by atoms with Crippen LogP contribution in [0.4, 0.5) is 10.1 Å². The quantitative estimate of drug-likeness (QED) is 0.822. The van der Waals surface area contributed by atoms with Gasteiger partial charge < -0.3 is 15.8 Å². The van der Waals surface area contributed by atoms with Crippen LogP contribution in [0.1, 0.15) is 25.3 Å². The van der Waals surface area contributed by atoms with Crippen molar-refractivity contribution in [2.75, 3.05) is 5.32 Å². The second kappa shape index (κ2) is 8.29. The number of carbonyl (C=O) groups excluding carboxylic acids is 1. The van der Waals surface area contributed by atoms with Gasteiger partial charge in [0.25, 0.3) is 0 Å². The van der Waals surface area contributed by atoms with E-state index in [0.717, 1.165) is 12.0 Å². The first-order valence-electron chi connectivity index (χ1n) is 7.62. The Balaban J connectivity index is 1.94. The molecule has 0 aliphatic carbocycles. The summed E-state index contributed by atoms with van der Waals surface area (Å²) in [6.07, 6.45) is 1.50. The molecule has 2 aromatic carbocycles. The maximum absolute atomic E-state index is 12.9. The predicted octanol–water partition coefficient (Wildman–Crippen LogP) is 3.47. The lowest BCUT2D eigenvalue weighted by Crippen LogP contribution is -2.35. The number of benzene rings is 2. The van der Waals surface area contributed by atoms with E-state index in [-0.39, 0.29) is 11.7 Å². The SMILES string of the molecule is CCCC(N)C(=O)Nc1cccc(OCc2ccc(F)cc2)c1. The van der Waals surface area contributed by atoms with Crippen LogP contribution in [0.3, 0.4) is 0 Å². The molecule has 0 bridgehead atoms. The number of amides is 1. The minimum atomic E-state index is -0.510. The van der Waals surface area contributed by atoms with Crippen molar-refractivity contribution in [2.24, 2.45) is 5.73 Å². The summed E-state index contributed by atoms with van der Waals surface area (Å²) >= 11 is 0. The Morgan fingerprint density at radius 2 is 2.00 bits per heavy atom. The van der Waals surface area contributed by atoms with Crippen molar-refractivity contribution in [2.45, 2.75) is 32.4 Å². The van der Waals surface area contributed by atoms with Crippen molar-refractivity contribution in [3.8, 4) is 5.75 Å². The first-order chi connectivity index (χ1) is 11.1.